The molecule has 1 aromatic carbocycles. The zero-order valence-electron chi connectivity index (χ0n) is 23.3. The lowest BCUT2D eigenvalue weighted by molar-refractivity contribution is -0.119. The maximum atomic E-state index is 13.7. The van der Waals surface area contributed by atoms with Gasteiger partial charge in [0.05, 0.1) is 31.6 Å². The lowest BCUT2D eigenvalue weighted by Crippen LogP contribution is -2.44. The van der Waals surface area contributed by atoms with E-state index in [0.717, 1.165) is 17.3 Å². The molecule has 0 spiro atoms. The number of hydrogen-bond acceptors (Lipinski definition) is 13. The van der Waals surface area contributed by atoms with Gasteiger partial charge in [-0.3, -0.25) is 28.2 Å². The van der Waals surface area contributed by atoms with E-state index < -0.39 is 49.4 Å². The van der Waals surface area contributed by atoms with E-state index in [9.17, 15) is 29.5 Å². The minimum Gasteiger partial charge on any atom is -0.395 e. The molecule has 230 valence electrons. The summed E-state index contributed by atoms with van der Waals surface area (Å²) >= 11 is 0.934. The number of aromatic nitrogens is 4. The molecule has 2 aromatic heterocycles. The molecule has 1 aliphatic rings. The number of hydrogen-bond donors (Lipinski definition) is 6. The maximum absolute atomic E-state index is 13.7. The summed E-state index contributed by atoms with van der Waals surface area (Å²) in [6.07, 6.45) is -2.72. The predicted molar refractivity (Wildman–Crippen MR) is 154 cm³/mol. The number of H-pyrrole nitrogens is 1. The topological polar surface area (TPSA) is 224 Å². The average Bonchev–Trinajstić information content (AvgIpc) is 3.47. The Morgan fingerprint density at radius 1 is 1.33 bits per heavy atom. The van der Waals surface area contributed by atoms with E-state index in [4.69, 9.17) is 19.5 Å². The zero-order chi connectivity index (χ0) is 30.7. The minimum atomic E-state index is -4.04. The van der Waals surface area contributed by atoms with Crippen LogP contribution in [0.15, 0.2) is 41.5 Å². The van der Waals surface area contributed by atoms with Crippen molar-refractivity contribution in [2.24, 2.45) is 5.41 Å². The van der Waals surface area contributed by atoms with E-state index in [2.05, 4.69) is 20.0 Å². The van der Waals surface area contributed by atoms with Gasteiger partial charge < -0.3 is 25.8 Å². The Hall–Kier alpha value is -2.66. The number of nitrogens with zero attached hydrogens (tertiary/aromatic N) is 3. The second-order valence-electron chi connectivity index (χ2n) is 10.6. The number of rotatable bonds is 13. The molecule has 0 saturated carbocycles. The zero-order valence-corrected chi connectivity index (χ0v) is 25.0. The molecule has 4 unspecified atom stereocenters. The summed E-state index contributed by atoms with van der Waals surface area (Å²) in [6.45, 7) is 3.78. The van der Waals surface area contributed by atoms with Crippen molar-refractivity contribution < 1.29 is 38.5 Å². The van der Waals surface area contributed by atoms with Crippen LogP contribution in [-0.2, 0) is 29.7 Å². The van der Waals surface area contributed by atoms with Crippen LogP contribution in [0.2, 0.25) is 0 Å². The van der Waals surface area contributed by atoms with Gasteiger partial charge in [-0.2, -0.15) is 4.98 Å². The van der Waals surface area contributed by atoms with Crippen molar-refractivity contribution in [3.8, 4) is 0 Å². The third kappa shape index (κ3) is 7.10. The number of nitrogens with two attached hydrogens (primary N) is 1. The van der Waals surface area contributed by atoms with Gasteiger partial charge in [-0.05, 0) is 26.3 Å². The lowest BCUT2D eigenvalue weighted by atomic mass is 9.96. The van der Waals surface area contributed by atoms with Crippen LogP contribution in [-0.4, -0.2) is 83.3 Å². The summed E-state index contributed by atoms with van der Waals surface area (Å²) in [7, 11) is -4.04. The molecule has 17 heteroatoms. The molecular weight excluding hydrogens is 591 g/mol. The molecule has 1 saturated heterocycles. The molecule has 0 radical (unpaired) electrons. The minimum absolute atomic E-state index is 0.0326. The molecule has 1 aliphatic heterocycles. The number of benzene rings is 1. The molecule has 0 bridgehead atoms. The first kappa shape index (κ1) is 32.3. The number of carbonyl (C=O) groups is 1. The highest BCUT2D eigenvalue weighted by Crippen LogP contribution is 2.46. The van der Waals surface area contributed by atoms with Gasteiger partial charge >= 0.3 is 7.75 Å². The van der Waals surface area contributed by atoms with Crippen LogP contribution < -0.4 is 16.4 Å². The Bertz CT molecular complexity index is 1500. The number of carbonyl (C=O) groups excluding carboxylic acids is 1. The molecule has 15 nitrogen and oxygen atoms in total. The number of fused-ring (bicyclic) bond motifs is 1. The number of thioether (sulfide) groups is 1. The maximum Gasteiger partial charge on any atom is 0.405 e. The van der Waals surface area contributed by atoms with Crippen molar-refractivity contribution >= 4 is 41.7 Å². The Kier molecular flexibility index (Phi) is 9.92. The van der Waals surface area contributed by atoms with E-state index in [1.54, 1.807) is 13.8 Å². The summed E-state index contributed by atoms with van der Waals surface area (Å²) < 4.78 is 32.1. The van der Waals surface area contributed by atoms with Crippen molar-refractivity contribution in [2.75, 3.05) is 31.3 Å². The second kappa shape index (κ2) is 12.9. The highest BCUT2D eigenvalue weighted by molar-refractivity contribution is 8.13. The van der Waals surface area contributed by atoms with E-state index in [1.165, 1.54) is 17.8 Å². The highest BCUT2D eigenvalue weighted by atomic mass is 32.2. The van der Waals surface area contributed by atoms with Crippen LogP contribution in [0.5, 0.6) is 0 Å². The van der Waals surface area contributed by atoms with Crippen molar-refractivity contribution in [3.63, 3.8) is 0 Å². The monoisotopic (exact) mass is 626 g/mol. The van der Waals surface area contributed by atoms with Crippen LogP contribution in [0, 0.1) is 5.41 Å². The first-order valence-corrected chi connectivity index (χ1v) is 15.5. The van der Waals surface area contributed by atoms with E-state index in [-0.39, 0.29) is 47.7 Å². The van der Waals surface area contributed by atoms with Gasteiger partial charge in [0, 0.05) is 12.3 Å². The largest absolute Gasteiger partial charge is 0.405 e. The Labute approximate surface area is 245 Å². The number of anilines is 1. The number of ether oxygens (including phenoxy) is 1. The van der Waals surface area contributed by atoms with Crippen molar-refractivity contribution in [2.45, 2.75) is 51.4 Å². The first-order valence-electron chi connectivity index (χ1n) is 13.0. The van der Waals surface area contributed by atoms with E-state index >= 15 is 0 Å². The lowest BCUT2D eigenvalue weighted by Gasteiger charge is -2.27. The van der Waals surface area contributed by atoms with E-state index in [0.29, 0.717) is 0 Å². The Balaban J connectivity index is 1.46. The van der Waals surface area contributed by atoms with E-state index in [1.807, 2.05) is 30.3 Å². The molecule has 5 atom stereocenters. The van der Waals surface area contributed by atoms with Crippen LogP contribution in [0.25, 0.3) is 11.2 Å². The number of aliphatic hydroxyl groups excluding tert-OH is 2. The summed E-state index contributed by atoms with van der Waals surface area (Å²) in [4.78, 5) is 34.9. The fourth-order valence-electron chi connectivity index (χ4n) is 4.13. The van der Waals surface area contributed by atoms with Crippen LogP contribution in [0.1, 0.15) is 32.6 Å². The molecule has 0 amide bonds. The van der Waals surface area contributed by atoms with Gasteiger partial charge in [0.1, 0.15) is 17.8 Å². The molecule has 3 heterocycles. The molecule has 4 rings (SSSR count). The number of imidazole rings is 1. The fourth-order valence-corrected chi connectivity index (χ4v) is 6.37. The first-order chi connectivity index (χ1) is 19.8. The molecular formula is C25H35N6O9PS. The van der Waals surface area contributed by atoms with Crippen molar-refractivity contribution in [1.82, 2.24) is 24.6 Å². The second-order valence-corrected chi connectivity index (χ2v) is 13.5. The fraction of sp³-hybridized carbons (Fsp3) is 0.520. The van der Waals surface area contributed by atoms with Crippen molar-refractivity contribution in [3.05, 3.63) is 52.6 Å². The quantitative estimate of drug-likeness (QED) is 0.115. The van der Waals surface area contributed by atoms with Crippen molar-refractivity contribution in [1.29, 1.82) is 0 Å². The van der Waals surface area contributed by atoms with Crippen LogP contribution >= 0.6 is 19.5 Å². The standard InChI is InChI=1S/C25H35N6O9PS/c1-24(2,13-32)22(35)42-10-9-38-41(37,28-11-15-7-5-4-6-8-15)39-12-16-18(33)25(3,36)21(40-16)31-14-27-17-19(31)29-23(26)30-20(17)34/h4-8,14,16,18,21,32-33,36H,9-13H2,1-3H3,(H,28,37)(H3,26,29,30,34)/t16?,18?,21?,25-,41?/m1/s1. The number of aliphatic hydroxyl groups is 3. The summed E-state index contributed by atoms with van der Waals surface area (Å²) in [5, 5.41) is 34.0. The summed E-state index contributed by atoms with van der Waals surface area (Å²) in [5.74, 6) is -0.0278. The van der Waals surface area contributed by atoms with Gasteiger partial charge in [-0.15, -0.1) is 0 Å². The third-order valence-corrected chi connectivity index (χ3v) is 9.45. The summed E-state index contributed by atoms with van der Waals surface area (Å²) in [5.41, 5.74) is 3.04. The number of aromatic amines is 1. The van der Waals surface area contributed by atoms with Crippen LogP contribution in [0.4, 0.5) is 5.95 Å². The number of nitrogens with one attached hydrogen (secondary N) is 2. The smallest absolute Gasteiger partial charge is 0.395 e. The molecule has 1 fully saturated rings. The van der Waals surface area contributed by atoms with Gasteiger partial charge in [0.15, 0.2) is 22.5 Å². The molecule has 7 N–H and O–H groups in total. The Morgan fingerprint density at radius 3 is 2.74 bits per heavy atom. The predicted octanol–water partition coefficient (Wildman–Crippen LogP) is 0.921. The highest BCUT2D eigenvalue weighted by Gasteiger charge is 2.54. The Morgan fingerprint density at radius 2 is 2.05 bits per heavy atom. The van der Waals surface area contributed by atoms with Gasteiger partial charge in [-0.25, -0.2) is 14.6 Å². The molecule has 3 aromatic rings. The SMILES string of the molecule is CC(C)(CO)C(=O)SCCOP(=O)(NCc1ccccc1)OCC1OC(n2cnc3c(=O)[nH]c(N)nc32)[C@](C)(O)C1O. The normalized spacial score (nSPS) is 24.2. The van der Waals surface area contributed by atoms with Gasteiger partial charge in [-0.1, -0.05) is 42.1 Å². The van der Waals surface area contributed by atoms with Gasteiger partial charge in [0.25, 0.3) is 5.56 Å². The summed E-state index contributed by atoms with van der Waals surface area (Å²) in [6, 6.07) is 9.10. The molecule has 0 aliphatic carbocycles. The number of nitrogen functional groups attached to an aromatic ring is 1. The van der Waals surface area contributed by atoms with Gasteiger partial charge in [0.2, 0.25) is 5.95 Å². The molecule has 42 heavy (non-hydrogen) atoms. The third-order valence-electron chi connectivity index (χ3n) is 6.71. The average molecular weight is 627 g/mol. The van der Waals surface area contributed by atoms with Crippen LogP contribution in [0.3, 0.4) is 0 Å².